The quantitative estimate of drug-likeness (QED) is 0.760. The van der Waals surface area contributed by atoms with E-state index in [0.717, 1.165) is 0 Å². The van der Waals surface area contributed by atoms with Crippen molar-refractivity contribution in [3.05, 3.63) is 51.4 Å². The van der Waals surface area contributed by atoms with Gasteiger partial charge in [0.1, 0.15) is 5.69 Å². The van der Waals surface area contributed by atoms with Gasteiger partial charge in [-0.2, -0.15) is 0 Å². The Balaban J connectivity index is 2.21. The number of anilines is 2. The van der Waals surface area contributed by atoms with Gasteiger partial charge in [-0.05, 0) is 24.3 Å². The third-order valence-electron chi connectivity index (χ3n) is 2.17. The summed E-state index contributed by atoms with van der Waals surface area (Å²) in [6.07, 6.45) is 1.20. The zero-order chi connectivity index (χ0) is 13.1. The smallest absolute Gasteiger partial charge is 0.276 e. The fourth-order valence-electron chi connectivity index (χ4n) is 1.29. The van der Waals surface area contributed by atoms with Crippen molar-refractivity contribution in [1.29, 1.82) is 0 Å². The minimum Gasteiger partial charge on any atom is -0.369 e. The third kappa shape index (κ3) is 2.67. The molecule has 1 aromatic carbocycles. The van der Waals surface area contributed by atoms with E-state index in [1.807, 2.05) is 0 Å². The van der Waals surface area contributed by atoms with Crippen LogP contribution in [-0.4, -0.2) is 15.9 Å². The molecule has 0 atom stereocenters. The Morgan fingerprint density at radius 3 is 2.61 bits per heavy atom. The van der Waals surface area contributed by atoms with Gasteiger partial charge >= 0.3 is 0 Å². The molecule has 2 rings (SSSR count). The summed E-state index contributed by atoms with van der Waals surface area (Å²) in [5, 5.41) is 2.96. The maximum absolute atomic E-state index is 11.8. The number of carbonyl (C=O) groups is 1. The highest BCUT2D eigenvalue weighted by atomic mass is 35.5. The molecule has 0 unspecified atom stereocenters. The number of amides is 1. The van der Waals surface area contributed by atoms with Gasteiger partial charge in [-0.25, -0.2) is 4.98 Å². The van der Waals surface area contributed by atoms with E-state index >= 15 is 0 Å². The first kappa shape index (κ1) is 12.1. The molecule has 0 bridgehead atoms. The molecule has 0 aliphatic rings. The van der Waals surface area contributed by atoms with Crippen LogP contribution in [0.4, 0.5) is 11.6 Å². The first-order chi connectivity index (χ1) is 8.56. The molecule has 0 aliphatic carbocycles. The summed E-state index contributed by atoms with van der Waals surface area (Å²) in [6, 6.07) is 6.27. The van der Waals surface area contributed by atoms with Gasteiger partial charge < -0.3 is 11.1 Å². The van der Waals surface area contributed by atoms with Crippen molar-refractivity contribution >= 4 is 29.1 Å². The molecule has 0 spiro atoms. The number of aromatic amines is 1. The minimum atomic E-state index is -0.509. The highest BCUT2D eigenvalue weighted by molar-refractivity contribution is 6.30. The third-order valence-corrected chi connectivity index (χ3v) is 2.43. The molecule has 1 amide bonds. The molecule has 18 heavy (non-hydrogen) atoms. The number of carbonyl (C=O) groups excluding carboxylic acids is 1. The van der Waals surface area contributed by atoms with Crippen LogP contribution in [0.25, 0.3) is 0 Å². The number of benzene rings is 1. The van der Waals surface area contributed by atoms with E-state index < -0.39 is 11.5 Å². The molecule has 0 radical (unpaired) electrons. The van der Waals surface area contributed by atoms with E-state index in [2.05, 4.69) is 15.3 Å². The topological polar surface area (TPSA) is 101 Å². The van der Waals surface area contributed by atoms with Crippen LogP contribution in [0, 0.1) is 0 Å². The van der Waals surface area contributed by atoms with Gasteiger partial charge in [0.15, 0.2) is 5.95 Å². The maximum atomic E-state index is 11.8. The predicted molar refractivity (Wildman–Crippen MR) is 68.7 cm³/mol. The van der Waals surface area contributed by atoms with Gasteiger partial charge in [-0.15, -0.1) is 0 Å². The van der Waals surface area contributed by atoms with Crippen molar-refractivity contribution in [3.63, 3.8) is 0 Å². The standard InChI is InChI=1S/C11H9ClN4O2/c12-7-3-1-6(2-4-7)9(17)15-8-5-14-11(13)16-10(8)18/h1-5H,(H,15,17)(H3,13,14,16,18). The summed E-state index contributed by atoms with van der Waals surface area (Å²) in [5.74, 6) is -0.437. The Kier molecular flexibility index (Phi) is 3.29. The molecule has 92 valence electrons. The lowest BCUT2D eigenvalue weighted by Gasteiger charge is -2.04. The highest BCUT2D eigenvalue weighted by Gasteiger charge is 2.08. The number of nitrogens with one attached hydrogen (secondary N) is 2. The van der Waals surface area contributed by atoms with Gasteiger partial charge in [0.25, 0.3) is 11.5 Å². The first-order valence-electron chi connectivity index (χ1n) is 4.98. The van der Waals surface area contributed by atoms with E-state index in [1.54, 1.807) is 24.3 Å². The van der Waals surface area contributed by atoms with Crippen molar-refractivity contribution in [1.82, 2.24) is 9.97 Å². The monoisotopic (exact) mass is 264 g/mol. The Morgan fingerprint density at radius 2 is 2.00 bits per heavy atom. The number of nitrogen functional groups attached to an aromatic ring is 1. The second-order valence-electron chi connectivity index (χ2n) is 3.47. The summed E-state index contributed by atoms with van der Waals surface area (Å²) in [6.45, 7) is 0. The fourth-order valence-corrected chi connectivity index (χ4v) is 1.42. The molecular weight excluding hydrogens is 256 g/mol. The average Bonchev–Trinajstić information content (AvgIpc) is 2.33. The van der Waals surface area contributed by atoms with E-state index in [4.69, 9.17) is 17.3 Å². The van der Waals surface area contributed by atoms with Gasteiger partial charge in [0.05, 0.1) is 6.20 Å². The van der Waals surface area contributed by atoms with Crippen LogP contribution in [0.2, 0.25) is 5.02 Å². The SMILES string of the molecule is Nc1ncc(NC(=O)c2ccc(Cl)cc2)c(=O)[nH]1. The summed E-state index contributed by atoms with van der Waals surface area (Å²) >= 11 is 5.71. The molecule has 4 N–H and O–H groups in total. The number of aromatic nitrogens is 2. The molecule has 6 nitrogen and oxygen atoms in total. The molecule has 0 saturated heterocycles. The fraction of sp³-hybridized carbons (Fsp3) is 0. The van der Waals surface area contributed by atoms with Crippen LogP contribution in [0.5, 0.6) is 0 Å². The Morgan fingerprint density at radius 1 is 1.33 bits per heavy atom. The molecule has 1 aromatic heterocycles. The number of nitrogens with zero attached hydrogens (tertiary/aromatic N) is 1. The zero-order valence-electron chi connectivity index (χ0n) is 9.11. The van der Waals surface area contributed by atoms with Crippen LogP contribution in [-0.2, 0) is 0 Å². The van der Waals surface area contributed by atoms with Crippen molar-refractivity contribution in [3.8, 4) is 0 Å². The van der Waals surface area contributed by atoms with Gasteiger partial charge in [0.2, 0.25) is 0 Å². The Labute approximate surface area is 107 Å². The van der Waals surface area contributed by atoms with Crippen LogP contribution in [0.1, 0.15) is 10.4 Å². The van der Waals surface area contributed by atoms with Crippen LogP contribution < -0.4 is 16.6 Å². The molecule has 0 aliphatic heterocycles. The minimum absolute atomic E-state index is 0.00973. The number of halogens is 1. The molecule has 0 saturated carbocycles. The van der Waals surface area contributed by atoms with Crippen LogP contribution >= 0.6 is 11.6 Å². The normalized spacial score (nSPS) is 10.1. The zero-order valence-corrected chi connectivity index (χ0v) is 9.86. The number of hydrogen-bond acceptors (Lipinski definition) is 4. The lowest BCUT2D eigenvalue weighted by molar-refractivity contribution is 0.102. The number of rotatable bonds is 2. The van der Waals surface area contributed by atoms with Gasteiger partial charge in [-0.1, -0.05) is 11.6 Å². The largest absolute Gasteiger partial charge is 0.369 e. The molecule has 7 heteroatoms. The highest BCUT2D eigenvalue weighted by Crippen LogP contribution is 2.10. The second kappa shape index (κ2) is 4.89. The van der Waals surface area contributed by atoms with Crippen LogP contribution in [0.15, 0.2) is 35.3 Å². The van der Waals surface area contributed by atoms with Crippen LogP contribution in [0.3, 0.4) is 0 Å². The van der Waals surface area contributed by atoms with Crippen molar-refractivity contribution < 1.29 is 4.79 Å². The van der Waals surface area contributed by atoms with E-state index in [1.165, 1.54) is 6.20 Å². The molecule has 1 heterocycles. The maximum Gasteiger partial charge on any atom is 0.276 e. The second-order valence-corrected chi connectivity index (χ2v) is 3.91. The van der Waals surface area contributed by atoms with E-state index in [-0.39, 0.29) is 11.6 Å². The molecule has 2 aromatic rings. The van der Waals surface area contributed by atoms with E-state index in [9.17, 15) is 9.59 Å². The molecular formula is C11H9ClN4O2. The van der Waals surface area contributed by atoms with Crippen molar-refractivity contribution in [2.45, 2.75) is 0 Å². The molecule has 0 fully saturated rings. The number of H-pyrrole nitrogens is 1. The van der Waals surface area contributed by atoms with Gasteiger partial charge in [0, 0.05) is 10.6 Å². The van der Waals surface area contributed by atoms with Crippen molar-refractivity contribution in [2.75, 3.05) is 11.1 Å². The number of hydrogen-bond donors (Lipinski definition) is 3. The Bertz CT molecular complexity index is 636. The summed E-state index contributed by atoms with van der Waals surface area (Å²) in [7, 11) is 0. The van der Waals surface area contributed by atoms with Gasteiger partial charge in [-0.3, -0.25) is 14.6 Å². The van der Waals surface area contributed by atoms with E-state index in [0.29, 0.717) is 10.6 Å². The number of nitrogens with two attached hydrogens (primary N) is 1. The lowest BCUT2D eigenvalue weighted by Crippen LogP contribution is -2.21. The first-order valence-corrected chi connectivity index (χ1v) is 5.36. The summed E-state index contributed by atoms with van der Waals surface area (Å²) in [4.78, 5) is 29.2. The lowest BCUT2D eigenvalue weighted by atomic mass is 10.2. The summed E-state index contributed by atoms with van der Waals surface area (Å²) < 4.78 is 0. The summed E-state index contributed by atoms with van der Waals surface area (Å²) in [5.41, 5.74) is 5.20. The van der Waals surface area contributed by atoms with Crippen molar-refractivity contribution in [2.24, 2.45) is 0 Å². The average molecular weight is 265 g/mol. The Hall–Kier alpha value is -2.34. The predicted octanol–water partition coefficient (Wildman–Crippen LogP) is 1.26.